The summed E-state index contributed by atoms with van der Waals surface area (Å²) in [4.78, 5) is 13.5. The van der Waals surface area contributed by atoms with Gasteiger partial charge in [0.1, 0.15) is 0 Å². The maximum atomic E-state index is 11.4. The minimum Gasteiger partial charge on any atom is -0.369 e. The van der Waals surface area contributed by atoms with E-state index in [0.29, 0.717) is 16.5 Å². The van der Waals surface area contributed by atoms with E-state index >= 15 is 0 Å². The molecule has 2 unspecified atom stereocenters. The summed E-state index contributed by atoms with van der Waals surface area (Å²) in [5.41, 5.74) is 12.6. The molecule has 2 rings (SSSR count). The first-order chi connectivity index (χ1) is 7.99. The summed E-state index contributed by atoms with van der Waals surface area (Å²) in [6, 6.07) is 5.32. The molecule has 0 saturated carbocycles. The molecule has 1 amide bonds. The number of hydrogen-bond acceptors (Lipinski definition) is 3. The van der Waals surface area contributed by atoms with Crippen LogP contribution in [0, 0.1) is 5.92 Å². The molecule has 0 radical (unpaired) electrons. The van der Waals surface area contributed by atoms with Gasteiger partial charge in [0.05, 0.1) is 5.56 Å². The van der Waals surface area contributed by atoms with E-state index in [1.54, 1.807) is 12.1 Å². The molecule has 1 heterocycles. The molecule has 0 aromatic heterocycles. The Morgan fingerprint density at radius 3 is 2.71 bits per heavy atom. The number of benzene rings is 1. The van der Waals surface area contributed by atoms with Gasteiger partial charge in [-0.25, -0.2) is 0 Å². The summed E-state index contributed by atoms with van der Waals surface area (Å²) in [6.07, 6.45) is 0. The summed E-state index contributed by atoms with van der Waals surface area (Å²) in [5.74, 6) is -0.0537. The van der Waals surface area contributed by atoms with E-state index in [2.05, 4.69) is 11.8 Å². The molecule has 1 fully saturated rings. The van der Waals surface area contributed by atoms with Gasteiger partial charge in [0.2, 0.25) is 0 Å². The van der Waals surface area contributed by atoms with Gasteiger partial charge < -0.3 is 16.4 Å². The van der Waals surface area contributed by atoms with E-state index in [1.165, 1.54) is 0 Å². The molecule has 4 N–H and O–H groups in total. The third-order valence-electron chi connectivity index (χ3n) is 3.24. The van der Waals surface area contributed by atoms with Crippen LogP contribution >= 0.6 is 11.6 Å². The van der Waals surface area contributed by atoms with E-state index in [9.17, 15) is 4.79 Å². The van der Waals surface area contributed by atoms with Gasteiger partial charge in [-0.3, -0.25) is 4.79 Å². The number of carbonyl (C=O) groups is 1. The molecule has 0 bridgehead atoms. The number of amides is 1. The van der Waals surface area contributed by atoms with Crippen LogP contribution in [0.1, 0.15) is 17.3 Å². The molecule has 0 spiro atoms. The standard InChI is InChI=1S/C12H16ClN3O/c1-7-5-16(6-10(7)14)11-3-2-8(13)4-9(11)12(15)17/h2-4,7,10H,5-6,14H2,1H3,(H2,15,17). The summed E-state index contributed by atoms with van der Waals surface area (Å²) < 4.78 is 0. The van der Waals surface area contributed by atoms with Crippen LogP contribution in [0.3, 0.4) is 0 Å². The monoisotopic (exact) mass is 253 g/mol. The maximum absolute atomic E-state index is 11.4. The fraction of sp³-hybridized carbons (Fsp3) is 0.417. The van der Waals surface area contributed by atoms with Crippen molar-refractivity contribution in [2.24, 2.45) is 17.4 Å². The quantitative estimate of drug-likeness (QED) is 0.833. The lowest BCUT2D eigenvalue weighted by Crippen LogP contribution is -2.29. The van der Waals surface area contributed by atoms with Crippen molar-refractivity contribution in [1.82, 2.24) is 0 Å². The lowest BCUT2D eigenvalue weighted by atomic mass is 10.1. The Kier molecular flexibility index (Phi) is 3.26. The Hall–Kier alpha value is -1.26. The van der Waals surface area contributed by atoms with Gasteiger partial charge in [0.15, 0.2) is 0 Å². The molecule has 0 aliphatic carbocycles. The highest BCUT2D eigenvalue weighted by Gasteiger charge is 2.28. The van der Waals surface area contributed by atoms with Crippen molar-refractivity contribution < 1.29 is 4.79 Å². The second-order valence-corrected chi connectivity index (χ2v) is 5.01. The average Bonchev–Trinajstić information content (AvgIpc) is 2.59. The highest BCUT2D eigenvalue weighted by molar-refractivity contribution is 6.31. The molecule has 5 heteroatoms. The van der Waals surface area contributed by atoms with E-state index in [1.807, 2.05) is 6.07 Å². The Balaban J connectivity index is 2.36. The summed E-state index contributed by atoms with van der Waals surface area (Å²) >= 11 is 5.87. The van der Waals surface area contributed by atoms with Gasteiger partial charge in [-0.2, -0.15) is 0 Å². The SMILES string of the molecule is CC1CN(c2ccc(Cl)cc2C(N)=O)CC1N. The molecule has 92 valence electrons. The van der Waals surface area contributed by atoms with Crippen LogP contribution in [-0.4, -0.2) is 25.0 Å². The summed E-state index contributed by atoms with van der Waals surface area (Å²) in [7, 11) is 0. The maximum Gasteiger partial charge on any atom is 0.250 e. The summed E-state index contributed by atoms with van der Waals surface area (Å²) in [5, 5.41) is 0.513. The first-order valence-electron chi connectivity index (χ1n) is 5.59. The number of primary amides is 1. The number of nitrogens with two attached hydrogens (primary N) is 2. The van der Waals surface area contributed by atoms with Crippen molar-refractivity contribution in [1.29, 1.82) is 0 Å². The van der Waals surface area contributed by atoms with Crippen LogP contribution in [-0.2, 0) is 0 Å². The van der Waals surface area contributed by atoms with Crippen LogP contribution in [0.5, 0.6) is 0 Å². The van der Waals surface area contributed by atoms with Crippen molar-refractivity contribution in [2.45, 2.75) is 13.0 Å². The van der Waals surface area contributed by atoms with Crippen molar-refractivity contribution in [3.8, 4) is 0 Å². The van der Waals surface area contributed by atoms with Crippen molar-refractivity contribution >= 4 is 23.2 Å². The molecular formula is C12H16ClN3O. The van der Waals surface area contributed by atoms with Gasteiger partial charge in [0, 0.05) is 29.8 Å². The van der Waals surface area contributed by atoms with Crippen LogP contribution in [0.2, 0.25) is 5.02 Å². The molecule has 4 nitrogen and oxygen atoms in total. The number of anilines is 1. The molecule has 1 aromatic carbocycles. The third kappa shape index (κ3) is 2.37. The lowest BCUT2D eigenvalue weighted by Gasteiger charge is -2.20. The Morgan fingerprint density at radius 1 is 1.47 bits per heavy atom. The Bertz CT molecular complexity index is 439. The molecule has 1 aliphatic heterocycles. The number of rotatable bonds is 2. The van der Waals surface area contributed by atoms with E-state index in [4.69, 9.17) is 23.1 Å². The van der Waals surface area contributed by atoms with Gasteiger partial charge in [-0.05, 0) is 24.1 Å². The molecule has 1 saturated heterocycles. The van der Waals surface area contributed by atoms with E-state index < -0.39 is 5.91 Å². The highest BCUT2D eigenvalue weighted by Crippen LogP contribution is 2.28. The predicted molar refractivity (Wildman–Crippen MR) is 69.3 cm³/mol. The second kappa shape index (κ2) is 4.55. The Morgan fingerprint density at radius 2 is 2.18 bits per heavy atom. The molecule has 1 aliphatic rings. The fourth-order valence-electron chi connectivity index (χ4n) is 2.17. The smallest absolute Gasteiger partial charge is 0.250 e. The van der Waals surface area contributed by atoms with Gasteiger partial charge in [-0.1, -0.05) is 18.5 Å². The zero-order valence-corrected chi connectivity index (χ0v) is 10.4. The highest BCUT2D eigenvalue weighted by atomic mass is 35.5. The molecule has 1 aromatic rings. The summed E-state index contributed by atoms with van der Waals surface area (Å²) in [6.45, 7) is 3.68. The van der Waals surface area contributed by atoms with Gasteiger partial charge in [-0.15, -0.1) is 0 Å². The largest absolute Gasteiger partial charge is 0.369 e. The minimum absolute atomic E-state index is 0.131. The number of nitrogens with zero attached hydrogens (tertiary/aromatic N) is 1. The Labute approximate surface area is 106 Å². The molecule has 17 heavy (non-hydrogen) atoms. The average molecular weight is 254 g/mol. The first kappa shape index (κ1) is 12.2. The zero-order valence-electron chi connectivity index (χ0n) is 9.69. The third-order valence-corrected chi connectivity index (χ3v) is 3.47. The first-order valence-corrected chi connectivity index (χ1v) is 5.96. The van der Waals surface area contributed by atoms with Gasteiger partial charge in [0.25, 0.3) is 5.91 Å². The van der Waals surface area contributed by atoms with E-state index in [-0.39, 0.29) is 6.04 Å². The second-order valence-electron chi connectivity index (χ2n) is 4.57. The number of carbonyl (C=O) groups excluding carboxylic acids is 1. The predicted octanol–water partition coefficient (Wildman–Crippen LogP) is 1.22. The van der Waals surface area contributed by atoms with Gasteiger partial charge >= 0.3 is 0 Å². The van der Waals surface area contributed by atoms with Crippen molar-refractivity contribution in [2.75, 3.05) is 18.0 Å². The zero-order chi connectivity index (χ0) is 12.6. The molecular weight excluding hydrogens is 238 g/mol. The van der Waals surface area contributed by atoms with E-state index in [0.717, 1.165) is 18.8 Å². The van der Waals surface area contributed by atoms with Crippen LogP contribution in [0.15, 0.2) is 18.2 Å². The normalized spacial score (nSPS) is 24.1. The van der Waals surface area contributed by atoms with Crippen LogP contribution in [0.4, 0.5) is 5.69 Å². The molecule has 2 atom stereocenters. The number of halogens is 1. The topological polar surface area (TPSA) is 72.3 Å². The minimum atomic E-state index is -0.462. The lowest BCUT2D eigenvalue weighted by molar-refractivity contribution is 0.100. The van der Waals surface area contributed by atoms with Crippen molar-refractivity contribution in [3.05, 3.63) is 28.8 Å². The van der Waals surface area contributed by atoms with Crippen LogP contribution < -0.4 is 16.4 Å². The van der Waals surface area contributed by atoms with Crippen LogP contribution in [0.25, 0.3) is 0 Å². The van der Waals surface area contributed by atoms with Crippen molar-refractivity contribution in [3.63, 3.8) is 0 Å². The number of hydrogen-bond donors (Lipinski definition) is 2. The fourth-order valence-corrected chi connectivity index (χ4v) is 2.34.